The van der Waals surface area contributed by atoms with Gasteiger partial charge in [-0.2, -0.15) is 0 Å². The molecule has 0 saturated heterocycles. The molecule has 3 rings (SSSR count). The molecular weight excluding hydrogens is 260 g/mol. The first-order chi connectivity index (χ1) is 9.11. The summed E-state index contributed by atoms with van der Waals surface area (Å²) < 4.78 is 0. The van der Waals surface area contributed by atoms with E-state index in [1.54, 1.807) is 11.3 Å². The fraction of sp³-hybridized carbons (Fsp3) is 0.231. The molecule has 0 radical (unpaired) electrons. The van der Waals surface area contributed by atoms with E-state index in [1.807, 2.05) is 32.0 Å². The van der Waals surface area contributed by atoms with Crippen LogP contribution in [0.25, 0.3) is 11.0 Å². The summed E-state index contributed by atoms with van der Waals surface area (Å²) in [5, 5.41) is 4.43. The number of aromatic amines is 2. The highest BCUT2D eigenvalue weighted by Gasteiger charge is 2.05. The molecule has 0 aliphatic heterocycles. The van der Waals surface area contributed by atoms with Crippen LogP contribution < -0.4 is 11.0 Å². The van der Waals surface area contributed by atoms with Crippen molar-refractivity contribution in [1.82, 2.24) is 15.0 Å². The Kier molecular flexibility index (Phi) is 2.87. The van der Waals surface area contributed by atoms with Crippen molar-refractivity contribution in [3.63, 3.8) is 0 Å². The molecule has 0 aliphatic carbocycles. The molecule has 0 aliphatic rings. The molecule has 0 unspecified atom stereocenters. The van der Waals surface area contributed by atoms with Crippen molar-refractivity contribution in [2.75, 3.05) is 5.32 Å². The van der Waals surface area contributed by atoms with Crippen LogP contribution in [-0.2, 0) is 6.54 Å². The van der Waals surface area contributed by atoms with Gasteiger partial charge in [-0.05, 0) is 32.0 Å². The second-order valence-corrected chi connectivity index (χ2v) is 5.72. The molecule has 0 saturated carbocycles. The van der Waals surface area contributed by atoms with Gasteiger partial charge in [0.15, 0.2) is 0 Å². The maximum atomic E-state index is 11.2. The summed E-state index contributed by atoms with van der Waals surface area (Å²) in [6, 6.07) is 5.77. The minimum Gasteiger partial charge on any atom is -0.380 e. The van der Waals surface area contributed by atoms with Gasteiger partial charge in [0.2, 0.25) is 0 Å². The van der Waals surface area contributed by atoms with Crippen LogP contribution >= 0.6 is 11.3 Å². The van der Waals surface area contributed by atoms with E-state index in [0.717, 1.165) is 34.0 Å². The number of hydrogen-bond donors (Lipinski definition) is 3. The first-order valence-corrected chi connectivity index (χ1v) is 6.82. The lowest BCUT2D eigenvalue weighted by Gasteiger charge is -2.05. The zero-order valence-electron chi connectivity index (χ0n) is 10.7. The number of H-pyrrole nitrogens is 2. The second kappa shape index (κ2) is 4.55. The third kappa shape index (κ3) is 2.39. The van der Waals surface area contributed by atoms with Crippen LogP contribution in [0.15, 0.2) is 23.0 Å². The quantitative estimate of drug-likeness (QED) is 0.687. The smallest absolute Gasteiger partial charge is 0.323 e. The number of imidazole rings is 1. The maximum Gasteiger partial charge on any atom is 0.323 e. The van der Waals surface area contributed by atoms with Gasteiger partial charge >= 0.3 is 5.69 Å². The number of nitrogens with one attached hydrogen (secondary N) is 3. The lowest BCUT2D eigenvalue weighted by atomic mass is 10.2. The van der Waals surface area contributed by atoms with Crippen LogP contribution in [0, 0.1) is 13.8 Å². The molecular formula is C13H14N4OS. The van der Waals surface area contributed by atoms with Gasteiger partial charge in [0.05, 0.1) is 28.3 Å². The molecule has 19 heavy (non-hydrogen) atoms. The first-order valence-electron chi connectivity index (χ1n) is 6.00. The Hall–Kier alpha value is -2.08. The Balaban J connectivity index is 1.81. The van der Waals surface area contributed by atoms with Gasteiger partial charge in [0.25, 0.3) is 0 Å². The first kappa shape index (κ1) is 12.0. The highest BCUT2D eigenvalue weighted by atomic mass is 32.1. The van der Waals surface area contributed by atoms with Crippen LogP contribution in [-0.4, -0.2) is 15.0 Å². The molecule has 0 atom stereocenters. The Morgan fingerprint density at radius 1 is 1.26 bits per heavy atom. The number of rotatable bonds is 3. The summed E-state index contributed by atoms with van der Waals surface area (Å²) in [7, 11) is 0. The fourth-order valence-electron chi connectivity index (χ4n) is 2.06. The summed E-state index contributed by atoms with van der Waals surface area (Å²) >= 11 is 1.70. The molecule has 1 aromatic carbocycles. The summed E-state index contributed by atoms with van der Waals surface area (Å²) in [6.45, 7) is 4.78. The van der Waals surface area contributed by atoms with E-state index in [4.69, 9.17) is 0 Å². The van der Waals surface area contributed by atoms with Crippen molar-refractivity contribution in [1.29, 1.82) is 0 Å². The van der Waals surface area contributed by atoms with Crippen LogP contribution in [0.4, 0.5) is 5.69 Å². The van der Waals surface area contributed by atoms with Gasteiger partial charge in [-0.15, -0.1) is 11.3 Å². The van der Waals surface area contributed by atoms with Crippen molar-refractivity contribution in [3.8, 4) is 0 Å². The number of fused-ring (bicyclic) bond motifs is 1. The molecule has 5 nitrogen and oxygen atoms in total. The van der Waals surface area contributed by atoms with Crippen molar-refractivity contribution in [2.45, 2.75) is 20.4 Å². The van der Waals surface area contributed by atoms with E-state index in [9.17, 15) is 4.79 Å². The van der Waals surface area contributed by atoms with Gasteiger partial charge in [-0.3, -0.25) is 0 Å². The van der Waals surface area contributed by atoms with Crippen LogP contribution in [0.1, 0.15) is 15.6 Å². The highest BCUT2D eigenvalue weighted by Crippen LogP contribution is 2.20. The van der Waals surface area contributed by atoms with E-state index in [1.165, 1.54) is 4.88 Å². The van der Waals surface area contributed by atoms with Crippen molar-refractivity contribution in [2.24, 2.45) is 0 Å². The molecule has 3 aromatic rings. The number of hydrogen-bond acceptors (Lipinski definition) is 4. The Bertz CT molecular complexity index is 783. The lowest BCUT2D eigenvalue weighted by molar-refractivity contribution is 1.11. The van der Waals surface area contributed by atoms with Crippen LogP contribution in [0.5, 0.6) is 0 Å². The Labute approximate surface area is 113 Å². The normalized spacial score (nSPS) is 11.1. The van der Waals surface area contributed by atoms with E-state index in [2.05, 4.69) is 20.3 Å². The second-order valence-electron chi connectivity index (χ2n) is 4.43. The van der Waals surface area contributed by atoms with Crippen LogP contribution in [0.2, 0.25) is 0 Å². The predicted octanol–water partition coefficient (Wildman–Crippen LogP) is 2.54. The summed E-state index contributed by atoms with van der Waals surface area (Å²) in [4.78, 5) is 22.3. The van der Waals surface area contributed by atoms with Gasteiger partial charge in [-0.25, -0.2) is 9.78 Å². The average molecular weight is 274 g/mol. The maximum absolute atomic E-state index is 11.2. The monoisotopic (exact) mass is 274 g/mol. The number of nitrogens with zero attached hydrogens (tertiary/aromatic N) is 1. The molecule has 98 valence electrons. The third-order valence-electron chi connectivity index (χ3n) is 2.97. The fourth-order valence-corrected chi connectivity index (χ4v) is 2.94. The minimum atomic E-state index is -0.180. The molecule has 2 aromatic heterocycles. The Morgan fingerprint density at radius 3 is 2.79 bits per heavy atom. The number of benzene rings is 1. The standard InChI is InChI=1S/C13H14N4OS/c1-7-12(19-8(2)15-7)6-14-9-3-4-10-11(5-9)17-13(18)16-10/h3-5,14H,6H2,1-2H3,(H2,16,17,18). The van der Waals surface area contributed by atoms with E-state index < -0.39 is 0 Å². The van der Waals surface area contributed by atoms with Gasteiger partial charge in [-0.1, -0.05) is 0 Å². The zero-order chi connectivity index (χ0) is 13.4. The van der Waals surface area contributed by atoms with Gasteiger partial charge in [0, 0.05) is 10.6 Å². The number of anilines is 1. The molecule has 6 heteroatoms. The minimum absolute atomic E-state index is 0.180. The lowest BCUT2D eigenvalue weighted by Crippen LogP contribution is -1.99. The third-order valence-corrected chi connectivity index (χ3v) is 4.04. The van der Waals surface area contributed by atoms with Crippen molar-refractivity contribution >= 4 is 28.1 Å². The largest absolute Gasteiger partial charge is 0.380 e. The summed E-state index contributed by atoms with van der Waals surface area (Å²) in [5.74, 6) is 0. The predicted molar refractivity (Wildman–Crippen MR) is 77.8 cm³/mol. The highest BCUT2D eigenvalue weighted by molar-refractivity contribution is 7.11. The van der Waals surface area contributed by atoms with Crippen molar-refractivity contribution < 1.29 is 0 Å². The van der Waals surface area contributed by atoms with Gasteiger partial charge in [0.1, 0.15) is 0 Å². The molecule has 0 fully saturated rings. The van der Waals surface area contributed by atoms with E-state index >= 15 is 0 Å². The average Bonchev–Trinajstić information content (AvgIpc) is 2.87. The number of aryl methyl sites for hydroxylation is 2. The molecule has 0 spiro atoms. The number of thiazole rings is 1. The molecule has 2 heterocycles. The zero-order valence-corrected chi connectivity index (χ0v) is 11.5. The van der Waals surface area contributed by atoms with E-state index in [-0.39, 0.29) is 5.69 Å². The topological polar surface area (TPSA) is 73.6 Å². The van der Waals surface area contributed by atoms with Gasteiger partial charge < -0.3 is 15.3 Å². The SMILES string of the molecule is Cc1nc(C)c(CNc2ccc3[nH]c(=O)[nH]c3c2)s1. The number of aromatic nitrogens is 3. The van der Waals surface area contributed by atoms with Crippen molar-refractivity contribution in [3.05, 3.63) is 44.3 Å². The molecule has 0 amide bonds. The summed E-state index contributed by atoms with van der Waals surface area (Å²) in [5.41, 5.74) is 3.51. The molecule has 0 bridgehead atoms. The van der Waals surface area contributed by atoms with E-state index in [0.29, 0.717) is 0 Å². The molecule has 3 N–H and O–H groups in total. The summed E-state index contributed by atoms with van der Waals surface area (Å²) in [6.07, 6.45) is 0. The Morgan fingerprint density at radius 2 is 2.05 bits per heavy atom. The van der Waals surface area contributed by atoms with Crippen LogP contribution in [0.3, 0.4) is 0 Å².